The van der Waals surface area contributed by atoms with Gasteiger partial charge in [-0.3, -0.25) is 19.3 Å². The van der Waals surface area contributed by atoms with Crippen LogP contribution in [0.2, 0.25) is 0 Å². The van der Waals surface area contributed by atoms with Crippen LogP contribution < -0.4 is 10.6 Å². The minimum absolute atomic E-state index is 0.0310. The summed E-state index contributed by atoms with van der Waals surface area (Å²) < 4.78 is 14.4. The van der Waals surface area contributed by atoms with Crippen LogP contribution in [0.1, 0.15) is 22.3 Å². The van der Waals surface area contributed by atoms with Crippen molar-refractivity contribution in [3.63, 3.8) is 0 Å². The zero-order valence-corrected chi connectivity index (χ0v) is 19.1. The lowest BCUT2D eigenvalue weighted by Gasteiger charge is -2.50. The molecule has 182 valence electrons. The Morgan fingerprint density at radius 3 is 2.32 bits per heavy atom. The van der Waals surface area contributed by atoms with Gasteiger partial charge in [0.25, 0.3) is 5.91 Å². The van der Waals surface area contributed by atoms with Crippen LogP contribution >= 0.6 is 0 Å². The van der Waals surface area contributed by atoms with Crippen molar-refractivity contribution in [2.75, 3.05) is 33.1 Å². The number of hydrogen-bond donors (Lipinski definition) is 5. The third-order valence-corrected chi connectivity index (χ3v) is 7.13. The third-order valence-electron chi connectivity index (χ3n) is 7.13. The van der Waals surface area contributed by atoms with Crippen molar-refractivity contribution in [1.82, 2.24) is 4.90 Å². The largest absolute Gasteiger partial charge is 0.510 e. The van der Waals surface area contributed by atoms with Crippen LogP contribution in [0.25, 0.3) is 0 Å². The summed E-state index contributed by atoms with van der Waals surface area (Å²) in [5, 5.41) is 43.8. The third kappa shape index (κ3) is 2.90. The Hall–Kier alpha value is -3.44. The number of amides is 1. The van der Waals surface area contributed by atoms with Crippen molar-refractivity contribution in [2.24, 2.45) is 17.6 Å². The van der Waals surface area contributed by atoms with Crippen LogP contribution in [0.3, 0.4) is 0 Å². The molecule has 1 aromatic carbocycles. The number of hydrogen-bond acceptors (Lipinski definition) is 9. The number of aliphatic hydroxyl groups excluding tert-OH is 2. The van der Waals surface area contributed by atoms with Gasteiger partial charge in [-0.1, -0.05) is 0 Å². The average Bonchev–Trinajstić information content (AvgIpc) is 2.72. The van der Waals surface area contributed by atoms with Crippen molar-refractivity contribution >= 4 is 23.2 Å². The smallest absolute Gasteiger partial charge is 0.255 e. The van der Waals surface area contributed by atoms with E-state index in [1.54, 1.807) is 33.1 Å². The fraction of sp³-hybridized carbons (Fsp3) is 0.435. The first kappa shape index (κ1) is 23.7. The van der Waals surface area contributed by atoms with Gasteiger partial charge in [0, 0.05) is 37.3 Å². The van der Waals surface area contributed by atoms with E-state index >= 15 is 0 Å². The highest BCUT2D eigenvalue weighted by Gasteiger charge is 2.63. The van der Waals surface area contributed by atoms with Gasteiger partial charge < -0.3 is 31.1 Å². The minimum atomic E-state index is -2.72. The Bertz CT molecular complexity index is 1220. The Morgan fingerprint density at radius 1 is 1.18 bits per heavy atom. The van der Waals surface area contributed by atoms with Crippen LogP contribution in [0.15, 0.2) is 28.7 Å². The van der Waals surface area contributed by atoms with Gasteiger partial charge in [-0.25, -0.2) is 4.39 Å². The minimum Gasteiger partial charge on any atom is -0.510 e. The first-order chi connectivity index (χ1) is 15.7. The lowest BCUT2D eigenvalue weighted by molar-refractivity contribution is -0.148. The molecule has 0 spiro atoms. The Morgan fingerprint density at radius 2 is 1.79 bits per heavy atom. The van der Waals surface area contributed by atoms with E-state index in [4.69, 9.17) is 5.73 Å². The number of carbonyl (C=O) groups excluding carboxylic acids is 3. The summed E-state index contributed by atoms with van der Waals surface area (Å²) in [6.07, 6.45) is 0.0622. The fourth-order valence-electron chi connectivity index (χ4n) is 5.67. The number of carbonyl (C=O) groups is 3. The molecule has 1 aromatic rings. The van der Waals surface area contributed by atoms with E-state index in [1.807, 2.05) is 0 Å². The summed E-state index contributed by atoms with van der Waals surface area (Å²) in [7, 11) is 6.40. The number of primary amides is 1. The second-order valence-corrected chi connectivity index (χ2v) is 9.44. The number of aliphatic hydroxyl groups is 3. The summed E-state index contributed by atoms with van der Waals surface area (Å²) in [6.45, 7) is 0. The Balaban J connectivity index is 2.00. The molecule has 4 atom stereocenters. The van der Waals surface area contributed by atoms with Gasteiger partial charge in [0.05, 0.1) is 11.6 Å². The van der Waals surface area contributed by atoms with Crippen molar-refractivity contribution < 1.29 is 39.2 Å². The molecule has 1 amide bonds. The van der Waals surface area contributed by atoms with E-state index in [-0.39, 0.29) is 24.0 Å². The number of nitrogens with two attached hydrogens (primary N) is 1. The molecule has 10 nitrogen and oxygen atoms in total. The van der Waals surface area contributed by atoms with E-state index in [2.05, 4.69) is 0 Å². The predicted molar refractivity (Wildman–Crippen MR) is 118 cm³/mol. The van der Waals surface area contributed by atoms with Gasteiger partial charge in [0.2, 0.25) is 5.78 Å². The maximum atomic E-state index is 14.4. The Kier molecular flexibility index (Phi) is 5.26. The van der Waals surface area contributed by atoms with Crippen molar-refractivity contribution in [2.45, 2.75) is 24.5 Å². The SMILES string of the molecule is CN(C)c1cc(F)c(O)c2c1C[C@H]1C[C@H]3C(N(C)C)C(O)=C(C(N)=O)C(=O)[C@]3(O)C(O)=C1C2=O. The van der Waals surface area contributed by atoms with Crippen LogP contribution in [0.4, 0.5) is 10.1 Å². The number of fused-ring (bicyclic) bond motifs is 3. The van der Waals surface area contributed by atoms with Crippen LogP contribution in [0, 0.1) is 17.7 Å². The molecule has 6 N–H and O–H groups in total. The summed E-state index contributed by atoms with van der Waals surface area (Å²) in [4.78, 5) is 41.7. The van der Waals surface area contributed by atoms with E-state index in [9.17, 15) is 39.2 Å². The number of anilines is 1. The van der Waals surface area contributed by atoms with Gasteiger partial charge in [-0.05, 0) is 38.4 Å². The first-order valence-corrected chi connectivity index (χ1v) is 10.6. The maximum Gasteiger partial charge on any atom is 0.255 e. The zero-order valence-electron chi connectivity index (χ0n) is 19.1. The maximum absolute atomic E-state index is 14.4. The van der Waals surface area contributed by atoms with Crippen LogP contribution in [0.5, 0.6) is 5.75 Å². The highest BCUT2D eigenvalue weighted by Crippen LogP contribution is 2.53. The number of rotatable bonds is 3. The topological polar surface area (TPSA) is 165 Å². The number of Topliss-reactive ketones (excluding diaryl/α,β-unsaturated/α-hetero) is 2. The van der Waals surface area contributed by atoms with Gasteiger partial charge in [-0.15, -0.1) is 0 Å². The number of halogens is 1. The lowest BCUT2D eigenvalue weighted by Crippen LogP contribution is -2.63. The predicted octanol–water partition coefficient (Wildman–Crippen LogP) is 0.326. The summed E-state index contributed by atoms with van der Waals surface area (Å²) in [5.74, 6) is -8.92. The quantitative estimate of drug-likeness (QED) is 0.387. The van der Waals surface area contributed by atoms with Crippen molar-refractivity contribution in [3.05, 3.63) is 45.7 Å². The molecule has 34 heavy (non-hydrogen) atoms. The number of phenolic OH excluding ortho intramolecular Hbond substituents is 1. The number of ketones is 2. The normalized spacial score (nSPS) is 28.6. The fourth-order valence-corrected chi connectivity index (χ4v) is 5.67. The number of phenols is 1. The van der Waals surface area contributed by atoms with Gasteiger partial charge in [-0.2, -0.15) is 0 Å². The molecular weight excluding hydrogens is 449 g/mol. The molecule has 0 aliphatic heterocycles. The molecule has 0 aromatic heterocycles. The molecule has 0 saturated carbocycles. The summed E-state index contributed by atoms with van der Waals surface area (Å²) in [5.41, 5.74) is 1.73. The number of nitrogens with zero attached hydrogens (tertiary/aromatic N) is 2. The first-order valence-electron chi connectivity index (χ1n) is 10.6. The molecule has 0 heterocycles. The van der Waals surface area contributed by atoms with Crippen LogP contribution in [-0.4, -0.2) is 82.6 Å². The molecule has 0 saturated heterocycles. The number of allylic oxidation sites excluding steroid dienone is 1. The van der Waals surface area contributed by atoms with Crippen molar-refractivity contribution in [1.29, 1.82) is 0 Å². The molecule has 4 rings (SSSR count). The molecule has 1 unspecified atom stereocenters. The van der Waals surface area contributed by atoms with E-state index in [1.165, 1.54) is 4.90 Å². The second kappa shape index (κ2) is 7.54. The second-order valence-electron chi connectivity index (χ2n) is 9.44. The summed E-state index contributed by atoms with van der Waals surface area (Å²) in [6, 6.07) is 0.0377. The highest BCUT2D eigenvalue weighted by molar-refractivity contribution is 6.24. The van der Waals surface area contributed by atoms with E-state index < -0.39 is 69.6 Å². The van der Waals surface area contributed by atoms with Gasteiger partial charge >= 0.3 is 0 Å². The number of benzene rings is 1. The monoisotopic (exact) mass is 475 g/mol. The van der Waals surface area contributed by atoms with Crippen LogP contribution in [-0.2, 0) is 16.0 Å². The molecule has 0 radical (unpaired) electrons. The standard InChI is InChI=1S/C23H26FN3O7/c1-26(2)12-7-11(24)17(28)14-9(12)5-8-6-10-16(27(3)4)19(30)15(22(25)33)21(32)23(10,34)20(31)13(8)18(14)29/h7-8,10,16,28,30-31,34H,5-6H2,1-4H3,(H2,25,33)/t8-,10-,16?,23+/m0/s1. The number of likely N-dealkylation sites (N-methyl/N-ethyl adjacent to an activating group) is 1. The zero-order chi connectivity index (χ0) is 25.4. The molecule has 3 aliphatic rings. The molecule has 3 aliphatic carbocycles. The molecule has 11 heteroatoms. The highest BCUT2D eigenvalue weighted by atomic mass is 19.1. The lowest BCUT2D eigenvalue weighted by atomic mass is 9.58. The molecular formula is C23H26FN3O7. The van der Waals surface area contributed by atoms with Crippen molar-refractivity contribution in [3.8, 4) is 5.75 Å². The molecule has 0 fully saturated rings. The average molecular weight is 475 g/mol. The Labute approximate surface area is 194 Å². The summed E-state index contributed by atoms with van der Waals surface area (Å²) >= 11 is 0. The van der Waals surface area contributed by atoms with Gasteiger partial charge in [0.15, 0.2) is 23.0 Å². The van der Waals surface area contributed by atoms with E-state index in [0.717, 1.165) is 6.07 Å². The van der Waals surface area contributed by atoms with E-state index in [0.29, 0.717) is 11.3 Å². The van der Waals surface area contributed by atoms with Gasteiger partial charge in [0.1, 0.15) is 17.1 Å². The molecule has 0 bridgehead atoms. The number of aromatic hydroxyl groups is 1.